The molecule has 0 bridgehead atoms. The predicted octanol–water partition coefficient (Wildman–Crippen LogP) is 8.80. The van der Waals surface area contributed by atoms with Crippen LogP contribution in [0.1, 0.15) is 50.8 Å². The molecule has 15 aromatic rings. The highest BCUT2D eigenvalue weighted by molar-refractivity contribution is 5.85. The van der Waals surface area contributed by atoms with Gasteiger partial charge in [-0.3, -0.25) is 0 Å². The highest BCUT2D eigenvalue weighted by Gasteiger charge is 2.11. The first kappa shape index (κ1) is 67.5. The Morgan fingerprint density at radius 1 is 0.398 bits per heavy atom. The monoisotopic (exact) mass is 1320 g/mol. The molecule has 500 valence electrons. The molecule has 3 aromatic carbocycles. The third-order valence-corrected chi connectivity index (χ3v) is 13.8. The van der Waals surface area contributed by atoms with Crippen molar-refractivity contribution in [1.82, 2.24) is 120 Å². The molecule has 0 saturated heterocycles. The van der Waals surface area contributed by atoms with Crippen molar-refractivity contribution in [1.29, 1.82) is 0 Å². The van der Waals surface area contributed by atoms with E-state index in [9.17, 15) is 10.2 Å². The molecule has 12 heterocycles. The van der Waals surface area contributed by atoms with Crippen molar-refractivity contribution in [2.24, 2.45) is 0 Å². The average Bonchev–Trinajstić information content (AvgIpc) is 1.83. The number of phenols is 2. The first-order valence-corrected chi connectivity index (χ1v) is 30.5. The Balaban J connectivity index is 0.000000128. The van der Waals surface area contributed by atoms with Gasteiger partial charge in [-0.1, -0.05) is 72.3 Å². The van der Waals surface area contributed by atoms with Crippen LogP contribution in [-0.4, -0.2) is 166 Å². The van der Waals surface area contributed by atoms with Gasteiger partial charge in [0.25, 0.3) is 0 Å². The number of aromatic amines is 6. The SMILES string of the molecule is C/C(O)=C/CNc1ncnc2nc[nH]c12.CC(C)=CCNc1ncnc2nc[nH]c12.CC(O)CCNc1ncnc2nc[nH]c12.Oc1cccc(CNc2ncnc3nc[nH]c23)c1.Oc1ccccc1CNc1ncnc2nc[nH]c12.c1ccc(CNc2ncnc3nc[nH]c23)cc1. The summed E-state index contributed by atoms with van der Waals surface area (Å²) in [5.74, 6) is 5.11. The van der Waals surface area contributed by atoms with Crippen LogP contribution in [-0.2, 0) is 19.6 Å². The summed E-state index contributed by atoms with van der Waals surface area (Å²) in [5, 5.41) is 56.1. The molecule has 98 heavy (non-hydrogen) atoms. The fourth-order valence-corrected chi connectivity index (χ4v) is 8.91. The molecule has 0 aliphatic heterocycles. The number of fused-ring (bicyclic) bond motifs is 6. The lowest BCUT2D eigenvalue weighted by Crippen LogP contribution is -2.10. The van der Waals surface area contributed by atoms with Crippen LogP contribution in [0.3, 0.4) is 0 Å². The van der Waals surface area contributed by atoms with Gasteiger partial charge in [0.1, 0.15) is 82.6 Å². The minimum absolute atomic E-state index is 0.253. The average molecular weight is 1320 g/mol. The van der Waals surface area contributed by atoms with Crippen molar-refractivity contribution in [3.8, 4) is 11.5 Å². The number of phenolic OH excluding ortho intramolecular Hbond substituents is 2. The number of aromatic nitrogens is 24. The smallest absolute Gasteiger partial charge is 0.182 e. The molecule has 15 rings (SSSR count). The number of aliphatic hydroxyl groups excluding tert-OH is 2. The maximum atomic E-state index is 9.67. The van der Waals surface area contributed by atoms with Crippen LogP contribution >= 0.6 is 0 Å². The zero-order chi connectivity index (χ0) is 68.3. The number of nitrogens with zero attached hydrogens (tertiary/aromatic N) is 18. The molecule has 0 amide bonds. The van der Waals surface area contributed by atoms with Gasteiger partial charge in [0, 0.05) is 44.8 Å². The zero-order valence-electron chi connectivity index (χ0n) is 53.5. The second-order valence-electron chi connectivity index (χ2n) is 21.2. The highest BCUT2D eigenvalue weighted by Crippen LogP contribution is 2.22. The van der Waals surface area contributed by atoms with Crippen molar-refractivity contribution in [2.45, 2.75) is 59.9 Å². The Morgan fingerprint density at radius 3 is 1.14 bits per heavy atom. The van der Waals surface area contributed by atoms with E-state index in [4.69, 9.17) is 10.2 Å². The zero-order valence-corrected chi connectivity index (χ0v) is 53.5. The molecule has 0 aliphatic carbocycles. The Hall–Kier alpha value is -13.4. The summed E-state index contributed by atoms with van der Waals surface area (Å²) in [6.45, 7) is 11.2. The molecule has 34 heteroatoms. The standard InChI is InChI=1S/2C12H11N5O.C12H11N5.C10H13N5.C9H13N5O.C9H11N5O/c18-9-3-1-2-8(4-9)5-13-11-10-12(15-6-14-10)17-7-16-11;18-9-4-2-1-3-8(9)5-13-11-10-12(15-6-14-10)17-7-16-11;1-2-4-9(5-3-1)6-13-11-10-12(15-7-14-10)17-8-16-11;1-7(2)3-4-11-9-8-10(13-5-12-8)15-6-14-9;2*1-6(15)2-3-10-8-7-9(12-4-11-7)14-5-13-8/h2*1-4,6-7,18H,5H2,(H2,13,14,15,16,17);1-5,7-8H,6H2,(H2,13,14,15,16,17);3,5-6H,4H2,1-2H3,(H2,11,12,13,14,15);4-6,15H,2-3H2,1H3,(H2,10,11,12,13,14);2,4-5,15H,3H2,1H3,(H2,10,11,12,13,14)/b;;;;;6-2-. The van der Waals surface area contributed by atoms with Crippen LogP contribution in [0, 0.1) is 0 Å². The molecule has 12 aromatic heterocycles. The summed E-state index contributed by atoms with van der Waals surface area (Å²) in [4.78, 5) is 91.2. The molecular formula is C64H70N30O4. The van der Waals surface area contributed by atoms with Crippen molar-refractivity contribution in [2.75, 3.05) is 51.5 Å². The first-order valence-electron chi connectivity index (χ1n) is 30.5. The van der Waals surface area contributed by atoms with Crippen molar-refractivity contribution < 1.29 is 20.4 Å². The normalized spacial score (nSPS) is 11.1. The fraction of sp³-hybridized carbons (Fsp3) is 0.188. The van der Waals surface area contributed by atoms with Gasteiger partial charge in [-0.25, -0.2) is 89.7 Å². The number of H-pyrrole nitrogens is 6. The largest absolute Gasteiger partial charge is 0.513 e. The van der Waals surface area contributed by atoms with Crippen LogP contribution in [0.4, 0.5) is 34.9 Å². The van der Waals surface area contributed by atoms with Gasteiger partial charge in [0.05, 0.1) is 49.8 Å². The minimum atomic E-state index is -0.309. The number of hydrogen-bond acceptors (Lipinski definition) is 28. The van der Waals surface area contributed by atoms with E-state index in [2.05, 4.69) is 184 Å². The summed E-state index contributed by atoms with van der Waals surface area (Å²) in [7, 11) is 0. The summed E-state index contributed by atoms with van der Waals surface area (Å²) in [5.41, 5.74) is 12.9. The van der Waals surface area contributed by atoms with Crippen LogP contribution in [0.5, 0.6) is 11.5 Å². The lowest BCUT2D eigenvalue weighted by molar-refractivity contribution is 0.188. The van der Waals surface area contributed by atoms with Crippen molar-refractivity contribution in [3.05, 3.63) is 195 Å². The second-order valence-corrected chi connectivity index (χ2v) is 21.2. The van der Waals surface area contributed by atoms with Crippen LogP contribution in [0.2, 0.25) is 0 Å². The van der Waals surface area contributed by atoms with Gasteiger partial charge in [0.2, 0.25) is 0 Å². The molecule has 0 spiro atoms. The van der Waals surface area contributed by atoms with Gasteiger partial charge < -0.3 is 82.2 Å². The van der Waals surface area contributed by atoms with E-state index < -0.39 is 0 Å². The van der Waals surface area contributed by atoms with Gasteiger partial charge in [-0.05, 0) is 69.5 Å². The van der Waals surface area contributed by atoms with E-state index in [1.54, 1.807) is 88.2 Å². The minimum Gasteiger partial charge on any atom is -0.513 e. The summed E-state index contributed by atoms with van der Waals surface area (Å²) in [6.07, 6.45) is 22.5. The Morgan fingerprint density at radius 2 is 0.755 bits per heavy atom. The Labute approximate surface area is 557 Å². The molecule has 0 radical (unpaired) electrons. The lowest BCUT2D eigenvalue weighted by atomic mass is 10.2. The third kappa shape index (κ3) is 19.3. The highest BCUT2D eigenvalue weighted by atomic mass is 16.3. The second kappa shape index (κ2) is 34.5. The Bertz CT molecular complexity index is 4890. The fourth-order valence-electron chi connectivity index (χ4n) is 8.91. The van der Waals surface area contributed by atoms with Gasteiger partial charge in [-0.15, -0.1) is 0 Å². The Kier molecular flexibility index (Phi) is 23.8. The van der Waals surface area contributed by atoms with E-state index in [0.29, 0.717) is 83.9 Å². The number of hydrogen-bond donors (Lipinski definition) is 16. The first-order chi connectivity index (χ1) is 47.9. The third-order valence-electron chi connectivity index (χ3n) is 13.8. The number of benzene rings is 3. The molecule has 34 nitrogen and oxygen atoms in total. The number of anilines is 6. The number of para-hydroxylation sites is 1. The predicted molar refractivity (Wildman–Crippen MR) is 372 cm³/mol. The summed E-state index contributed by atoms with van der Waals surface area (Å²) >= 11 is 0. The number of aromatic hydroxyl groups is 2. The molecule has 0 aliphatic rings. The number of aliphatic hydroxyl groups is 2. The molecule has 1 atom stereocenters. The van der Waals surface area contributed by atoms with Crippen LogP contribution in [0.15, 0.2) is 178 Å². The number of rotatable bonds is 19. The number of allylic oxidation sites excluding steroid dienone is 2. The summed E-state index contributed by atoms with van der Waals surface area (Å²) in [6, 6.07) is 24.4. The van der Waals surface area contributed by atoms with E-state index in [-0.39, 0.29) is 23.4 Å². The molecule has 0 saturated carbocycles. The lowest BCUT2D eigenvalue weighted by Gasteiger charge is -2.07. The molecule has 16 N–H and O–H groups in total. The van der Waals surface area contributed by atoms with E-state index in [0.717, 1.165) is 74.8 Å². The topological polar surface area (TPSA) is 480 Å². The van der Waals surface area contributed by atoms with Crippen molar-refractivity contribution >= 4 is 102 Å². The van der Waals surface area contributed by atoms with Gasteiger partial charge in [-0.2, -0.15) is 0 Å². The van der Waals surface area contributed by atoms with Gasteiger partial charge in [0.15, 0.2) is 68.8 Å². The van der Waals surface area contributed by atoms with E-state index in [1.807, 2.05) is 36.4 Å². The quantitative estimate of drug-likeness (QED) is 0.0265. The molecule has 1 unspecified atom stereocenters. The van der Waals surface area contributed by atoms with Crippen LogP contribution < -0.4 is 31.9 Å². The number of nitrogens with one attached hydrogen (secondary N) is 12. The van der Waals surface area contributed by atoms with E-state index in [1.165, 1.54) is 49.1 Å². The van der Waals surface area contributed by atoms with Gasteiger partial charge >= 0.3 is 0 Å². The molecular weight excluding hydrogens is 1250 g/mol. The summed E-state index contributed by atoms with van der Waals surface area (Å²) < 4.78 is 0. The maximum absolute atomic E-state index is 9.67. The van der Waals surface area contributed by atoms with E-state index >= 15 is 0 Å². The maximum Gasteiger partial charge on any atom is 0.182 e. The molecule has 0 fully saturated rings. The van der Waals surface area contributed by atoms with Crippen LogP contribution in [0.25, 0.3) is 67.0 Å². The van der Waals surface area contributed by atoms with Crippen molar-refractivity contribution in [3.63, 3.8) is 0 Å². The number of imidazole rings is 6.